The van der Waals surface area contributed by atoms with Crippen LogP contribution in [0.4, 0.5) is 5.82 Å². The van der Waals surface area contributed by atoms with E-state index in [1.165, 1.54) is 6.42 Å². The molecule has 1 aliphatic carbocycles. The minimum absolute atomic E-state index is 0.309. The van der Waals surface area contributed by atoms with Gasteiger partial charge in [-0.2, -0.15) is 0 Å². The predicted octanol–water partition coefficient (Wildman–Crippen LogP) is 2.18. The molecule has 1 aromatic rings. The molecule has 92 valence electrons. The summed E-state index contributed by atoms with van der Waals surface area (Å²) in [7, 11) is 1.97. The Morgan fingerprint density at radius 3 is 2.76 bits per heavy atom. The number of hydrogen-bond donors (Lipinski definition) is 1. The zero-order valence-corrected chi connectivity index (χ0v) is 10.5. The fourth-order valence-corrected chi connectivity index (χ4v) is 2.07. The number of carbonyl (C=O) groups is 1. The molecule has 2 rings (SSSR count). The van der Waals surface area contributed by atoms with Crippen LogP contribution in [0.3, 0.4) is 0 Å². The lowest BCUT2D eigenvalue weighted by Gasteiger charge is -2.19. The minimum Gasteiger partial charge on any atom is -0.478 e. The molecule has 1 heterocycles. The third-order valence-electron chi connectivity index (χ3n) is 3.36. The van der Waals surface area contributed by atoms with Crippen molar-refractivity contribution in [1.82, 2.24) is 4.98 Å². The lowest BCUT2D eigenvalue weighted by molar-refractivity contribution is 0.0696. The highest BCUT2D eigenvalue weighted by Crippen LogP contribution is 2.38. The monoisotopic (exact) mass is 234 g/mol. The van der Waals surface area contributed by atoms with Crippen LogP contribution in [0.1, 0.15) is 29.4 Å². The average molecular weight is 234 g/mol. The molecule has 0 saturated heterocycles. The van der Waals surface area contributed by atoms with Crippen LogP contribution in [-0.2, 0) is 0 Å². The second kappa shape index (κ2) is 4.35. The van der Waals surface area contributed by atoms with Crippen LogP contribution in [0.5, 0.6) is 0 Å². The van der Waals surface area contributed by atoms with Gasteiger partial charge in [-0.25, -0.2) is 9.78 Å². The maximum Gasteiger partial charge on any atom is 0.335 e. The van der Waals surface area contributed by atoms with E-state index in [9.17, 15) is 4.79 Å². The first kappa shape index (κ1) is 11.9. The number of hydrogen-bond acceptors (Lipinski definition) is 3. The topological polar surface area (TPSA) is 53.4 Å². The van der Waals surface area contributed by atoms with Gasteiger partial charge in [0.15, 0.2) is 0 Å². The van der Waals surface area contributed by atoms with Gasteiger partial charge in [-0.1, -0.05) is 6.92 Å². The van der Waals surface area contributed by atoms with Crippen molar-refractivity contribution < 1.29 is 9.90 Å². The molecule has 17 heavy (non-hydrogen) atoms. The molecule has 4 heteroatoms. The van der Waals surface area contributed by atoms with Gasteiger partial charge in [0.1, 0.15) is 5.82 Å². The van der Waals surface area contributed by atoms with Gasteiger partial charge in [0.2, 0.25) is 0 Å². The summed E-state index contributed by atoms with van der Waals surface area (Å²) >= 11 is 0. The zero-order chi connectivity index (χ0) is 12.6. The molecule has 1 fully saturated rings. The molecular weight excluding hydrogens is 216 g/mol. The number of aromatic nitrogens is 1. The Morgan fingerprint density at radius 1 is 1.59 bits per heavy atom. The number of pyridine rings is 1. The maximum absolute atomic E-state index is 11.0. The molecule has 2 atom stereocenters. The summed E-state index contributed by atoms with van der Waals surface area (Å²) in [5, 5.41) is 9.01. The van der Waals surface area contributed by atoms with Crippen molar-refractivity contribution in [2.75, 3.05) is 18.5 Å². The molecule has 1 saturated carbocycles. The number of aryl methyl sites for hydroxylation is 1. The Hall–Kier alpha value is -1.58. The highest BCUT2D eigenvalue weighted by atomic mass is 16.4. The van der Waals surface area contributed by atoms with E-state index in [4.69, 9.17) is 5.11 Å². The first-order valence-electron chi connectivity index (χ1n) is 5.90. The normalized spacial score (nSPS) is 22.3. The summed E-state index contributed by atoms with van der Waals surface area (Å²) in [5.41, 5.74) is 1.05. The highest BCUT2D eigenvalue weighted by molar-refractivity contribution is 5.88. The van der Waals surface area contributed by atoms with Crippen LogP contribution in [-0.4, -0.2) is 29.7 Å². The van der Waals surface area contributed by atoms with Crippen molar-refractivity contribution in [1.29, 1.82) is 0 Å². The average Bonchev–Trinajstić information content (AvgIpc) is 2.93. The summed E-state index contributed by atoms with van der Waals surface area (Å²) in [6.45, 7) is 5.02. The standard InChI is InChI=1S/C13H18N2O2/c1-8-4-11(8)7-15(3)12-6-10(13(16)17)5-9(2)14-12/h5-6,8,11H,4,7H2,1-3H3,(H,16,17). The van der Waals surface area contributed by atoms with E-state index in [1.54, 1.807) is 12.1 Å². The van der Waals surface area contributed by atoms with E-state index < -0.39 is 5.97 Å². The van der Waals surface area contributed by atoms with Gasteiger partial charge in [0, 0.05) is 19.3 Å². The zero-order valence-electron chi connectivity index (χ0n) is 10.5. The van der Waals surface area contributed by atoms with Crippen LogP contribution in [0.15, 0.2) is 12.1 Å². The van der Waals surface area contributed by atoms with E-state index in [0.29, 0.717) is 5.56 Å². The number of carboxylic acids is 1. The lowest BCUT2D eigenvalue weighted by atomic mass is 10.2. The SMILES string of the molecule is Cc1cc(C(=O)O)cc(N(C)CC2CC2C)n1. The largest absolute Gasteiger partial charge is 0.478 e. The fraction of sp³-hybridized carbons (Fsp3) is 0.538. The molecule has 0 spiro atoms. The van der Waals surface area contributed by atoms with Gasteiger partial charge in [0.25, 0.3) is 0 Å². The molecule has 0 aromatic carbocycles. The molecule has 4 nitrogen and oxygen atoms in total. The van der Waals surface area contributed by atoms with Crippen LogP contribution >= 0.6 is 0 Å². The second-order valence-corrected chi connectivity index (χ2v) is 5.01. The Bertz CT molecular complexity index is 445. The summed E-state index contributed by atoms with van der Waals surface area (Å²) < 4.78 is 0. The molecule has 1 aromatic heterocycles. The molecule has 1 N–H and O–H groups in total. The Morgan fingerprint density at radius 2 is 2.24 bits per heavy atom. The van der Waals surface area contributed by atoms with Crippen molar-refractivity contribution in [3.8, 4) is 0 Å². The van der Waals surface area contributed by atoms with Crippen LogP contribution < -0.4 is 4.90 Å². The van der Waals surface area contributed by atoms with Crippen LogP contribution in [0.25, 0.3) is 0 Å². The lowest BCUT2D eigenvalue weighted by Crippen LogP contribution is -2.22. The maximum atomic E-state index is 11.0. The van der Waals surface area contributed by atoms with E-state index in [2.05, 4.69) is 11.9 Å². The first-order chi connectivity index (χ1) is 7.97. The number of rotatable bonds is 4. The van der Waals surface area contributed by atoms with Crippen molar-refractivity contribution in [3.63, 3.8) is 0 Å². The van der Waals surface area contributed by atoms with Gasteiger partial charge in [-0.15, -0.1) is 0 Å². The van der Waals surface area contributed by atoms with Crippen LogP contribution in [0.2, 0.25) is 0 Å². The molecule has 2 unspecified atom stereocenters. The smallest absolute Gasteiger partial charge is 0.335 e. The van der Waals surface area contributed by atoms with Gasteiger partial charge in [-0.3, -0.25) is 0 Å². The first-order valence-corrected chi connectivity index (χ1v) is 5.90. The number of carboxylic acid groups (broad SMARTS) is 1. The Kier molecular flexibility index (Phi) is 3.05. The number of aromatic carboxylic acids is 1. The summed E-state index contributed by atoms with van der Waals surface area (Å²) in [6.07, 6.45) is 1.27. The van der Waals surface area contributed by atoms with Crippen molar-refractivity contribution in [2.45, 2.75) is 20.3 Å². The van der Waals surface area contributed by atoms with E-state index >= 15 is 0 Å². The quantitative estimate of drug-likeness (QED) is 0.867. The number of nitrogens with zero attached hydrogens (tertiary/aromatic N) is 2. The fourth-order valence-electron chi connectivity index (χ4n) is 2.07. The van der Waals surface area contributed by atoms with E-state index in [-0.39, 0.29) is 0 Å². The Labute approximate surface area is 101 Å². The Balaban J connectivity index is 2.16. The van der Waals surface area contributed by atoms with Gasteiger partial charge in [-0.05, 0) is 37.3 Å². The molecule has 0 bridgehead atoms. The third kappa shape index (κ3) is 2.75. The van der Waals surface area contributed by atoms with Crippen LogP contribution in [0, 0.1) is 18.8 Å². The minimum atomic E-state index is -0.898. The number of anilines is 1. The van der Waals surface area contributed by atoms with E-state index in [0.717, 1.165) is 29.9 Å². The predicted molar refractivity (Wildman–Crippen MR) is 66.5 cm³/mol. The van der Waals surface area contributed by atoms with Crippen molar-refractivity contribution in [3.05, 3.63) is 23.4 Å². The molecule has 0 radical (unpaired) electrons. The summed E-state index contributed by atoms with van der Waals surface area (Å²) in [5.74, 6) is 1.38. The highest BCUT2D eigenvalue weighted by Gasteiger charge is 2.33. The third-order valence-corrected chi connectivity index (χ3v) is 3.36. The molecule has 0 amide bonds. The summed E-state index contributed by atoms with van der Waals surface area (Å²) in [6, 6.07) is 3.24. The van der Waals surface area contributed by atoms with Gasteiger partial charge < -0.3 is 10.0 Å². The second-order valence-electron chi connectivity index (χ2n) is 5.01. The summed E-state index contributed by atoms with van der Waals surface area (Å²) in [4.78, 5) is 17.4. The molecule has 0 aliphatic heterocycles. The van der Waals surface area contributed by atoms with Crippen molar-refractivity contribution >= 4 is 11.8 Å². The molecular formula is C13H18N2O2. The molecule has 1 aliphatic rings. The van der Waals surface area contributed by atoms with Crippen molar-refractivity contribution in [2.24, 2.45) is 11.8 Å². The van der Waals surface area contributed by atoms with Gasteiger partial charge >= 0.3 is 5.97 Å². The van der Waals surface area contributed by atoms with Gasteiger partial charge in [0.05, 0.1) is 5.56 Å². The van der Waals surface area contributed by atoms with E-state index in [1.807, 2.05) is 18.9 Å².